The van der Waals surface area contributed by atoms with Gasteiger partial charge in [-0.25, -0.2) is 4.79 Å². The van der Waals surface area contributed by atoms with Gasteiger partial charge in [-0.2, -0.15) is 5.10 Å². The maximum absolute atomic E-state index is 12.3. The first-order chi connectivity index (χ1) is 13.5. The van der Waals surface area contributed by atoms with Crippen LogP contribution in [0.5, 0.6) is 0 Å². The van der Waals surface area contributed by atoms with E-state index in [1.165, 1.54) is 0 Å². The molecule has 150 valence electrons. The molecule has 0 saturated carbocycles. The summed E-state index contributed by atoms with van der Waals surface area (Å²) in [7, 11) is 1.66. The number of rotatable bonds is 7. The number of aryl methyl sites for hydroxylation is 1. The van der Waals surface area contributed by atoms with Crippen LogP contribution in [0.3, 0.4) is 0 Å². The third-order valence-corrected chi connectivity index (χ3v) is 4.95. The van der Waals surface area contributed by atoms with E-state index in [0.717, 1.165) is 35.6 Å². The van der Waals surface area contributed by atoms with Crippen molar-refractivity contribution < 1.29 is 14.3 Å². The summed E-state index contributed by atoms with van der Waals surface area (Å²) in [5.74, 6) is 0.123. The van der Waals surface area contributed by atoms with Crippen LogP contribution in [0, 0.1) is 13.8 Å². The van der Waals surface area contributed by atoms with E-state index >= 15 is 0 Å². The molecule has 1 aromatic heterocycles. The average molecular weight is 385 g/mol. The molecule has 0 unspecified atom stereocenters. The fourth-order valence-electron chi connectivity index (χ4n) is 3.40. The third-order valence-electron chi connectivity index (χ3n) is 4.95. The summed E-state index contributed by atoms with van der Waals surface area (Å²) >= 11 is 0. The lowest BCUT2D eigenvalue weighted by Crippen LogP contribution is -2.29. The van der Waals surface area contributed by atoms with Crippen molar-refractivity contribution in [3.63, 3.8) is 0 Å². The molecule has 28 heavy (non-hydrogen) atoms. The molecule has 1 aliphatic heterocycles. The summed E-state index contributed by atoms with van der Waals surface area (Å²) in [6.07, 6.45) is 1.45. The lowest BCUT2D eigenvalue weighted by Gasteiger charge is -2.17. The number of carbonyl (C=O) groups excluding carboxylic acids is 2. The Hall–Kier alpha value is -2.87. The Morgan fingerprint density at radius 1 is 1.32 bits per heavy atom. The molecule has 3 rings (SSSR count). The van der Waals surface area contributed by atoms with Crippen LogP contribution in [0.4, 0.5) is 16.2 Å². The first-order valence-corrected chi connectivity index (χ1v) is 9.46. The van der Waals surface area contributed by atoms with Gasteiger partial charge in [-0.3, -0.25) is 9.48 Å². The van der Waals surface area contributed by atoms with Gasteiger partial charge in [-0.1, -0.05) is 6.07 Å². The molecular formula is C20H27N5O3. The van der Waals surface area contributed by atoms with Crippen LogP contribution in [0.15, 0.2) is 24.3 Å². The van der Waals surface area contributed by atoms with Crippen molar-refractivity contribution in [2.45, 2.75) is 39.8 Å². The van der Waals surface area contributed by atoms with Gasteiger partial charge in [-0.15, -0.1) is 0 Å². The van der Waals surface area contributed by atoms with Crippen molar-refractivity contribution in [3.05, 3.63) is 41.2 Å². The van der Waals surface area contributed by atoms with Crippen LogP contribution < -0.4 is 15.5 Å². The summed E-state index contributed by atoms with van der Waals surface area (Å²) in [6, 6.07) is 7.05. The van der Waals surface area contributed by atoms with Crippen LogP contribution in [0.25, 0.3) is 0 Å². The van der Waals surface area contributed by atoms with E-state index in [-0.39, 0.29) is 11.9 Å². The summed E-state index contributed by atoms with van der Waals surface area (Å²) in [5, 5.41) is 10.2. The van der Waals surface area contributed by atoms with E-state index in [2.05, 4.69) is 15.7 Å². The maximum atomic E-state index is 12.3. The number of urea groups is 1. The highest BCUT2D eigenvalue weighted by atomic mass is 16.5. The molecule has 0 bridgehead atoms. The summed E-state index contributed by atoms with van der Waals surface area (Å²) in [5.41, 5.74) is 4.38. The predicted molar refractivity (Wildman–Crippen MR) is 107 cm³/mol. The van der Waals surface area contributed by atoms with Crippen molar-refractivity contribution >= 4 is 23.3 Å². The highest BCUT2D eigenvalue weighted by Gasteiger charge is 2.21. The van der Waals surface area contributed by atoms with Gasteiger partial charge in [0.1, 0.15) is 0 Å². The van der Waals surface area contributed by atoms with Crippen LogP contribution >= 0.6 is 0 Å². The van der Waals surface area contributed by atoms with Gasteiger partial charge in [0.15, 0.2) is 0 Å². The van der Waals surface area contributed by atoms with Crippen molar-refractivity contribution in [2.75, 3.05) is 30.5 Å². The van der Waals surface area contributed by atoms with Crippen LogP contribution in [-0.2, 0) is 22.6 Å². The van der Waals surface area contributed by atoms with Gasteiger partial charge in [0.05, 0.1) is 18.8 Å². The van der Waals surface area contributed by atoms with Crippen LogP contribution in [0.2, 0.25) is 0 Å². The Morgan fingerprint density at radius 3 is 2.86 bits per heavy atom. The number of benzene rings is 1. The normalized spacial score (nSPS) is 13.8. The molecule has 2 aromatic rings. The van der Waals surface area contributed by atoms with Gasteiger partial charge in [-0.05, 0) is 38.5 Å². The lowest BCUT2D eigenvalue weighted by atomic mass is 10.2. The quantitative estimate of drug-likeness (QED) is 0.767. The zero-order valence-corrected chi connectivity index (χ0v) is 16.6. The zero-order chi connectivity index (χ0) is 20.1. The molecule has 1 fully saturated rings. The molecule has 8 nitrogen and oxygen atoms in total. The molecule has 1 aromatic carbocycles. The second kappa shape index (κ2) is 8.88. The van der Waals surface area contributed by atoms with Gasteiger partial charge >= 0.3 is 6.03 Å². The standard InChI is InChI=1S/C20H27N5O3/c1-14-18(15(2)25(23-14)10-11-28-3)13-21-20(27)22-16-6-4-7-17(12-16)24-9-5-8-19(24)26/h4,6-7,12H,5,8-11,13H2,1-3H3,(H2,21,22,27). The molecule has 0 aliphatic carbocycles. The van der Waals surface area contributed by atoms with Gasteiger partial charge in [0, 0.05) is 49.3 Å². The Kier molecular flexibility index (Phi) is 6.30. The van der Waals surface area contributed by atoms with E-state index in [9.17, 15) is 9.59 Å². The number of carbonyl (C=O) groups is 2. The molecule has 0 atom stereocenters. The average Bonchev–Trinajstić information content (AvgIpc) is 3.21. The number of anilines is 2. The summed E-state index contributed by atoms with van der Waals surface area (Å²) < 4.78 is 7.00. The molecule has 8 heteroatoms. The Labute approximate surface area is 164 Å². The molecule has 0 radical (unpaired) electrons. The smallest absolute Gasteiger partial charge is 0.319 e. The fraction of sp³-hybridized carbons (Fsp3) is 0.450. The van der Waals surface area contributed by atoms with Gasteiger partial charge in [0.2, 0.25) is 5.91 Å². The highest BCUT2D eigenvalue weighted by molar-refractivity contribution is 5.96. The minimum atomic E-state index is -0.298. The van der Waals surface area contributed by atoms with Crippen molar-refractivity contribution in [1.82, 2.24) is 15.1 Å². The first-order valence-electron chi connectivity index (χ1n) is 9.46. The molecule has 1 saturated heterocycles. The SMILES string of the molecule is COCCn1nc(C)c(CNC(=O)Nc2cccc(N3CCCC3=O)c2)c1C. The number of hydrogen-bond acceptors (Lipinski definition) is 4. The molecule has 1 aliphatic rings. The van der Waals surface area contributed by atoms with E-state index < -0.39 is 0 Å². The lowest BCUT2D eigenvalue weighted by molar-refractivity contribution is -0.117. The van der Waals surface area contributed by atoms with E-state index in [4.69, 9.17) is 4.74 Å². The van der Waals surface area contributed by atoms with Crippen molar-refractivity contribution in [1.29, 1.82) is 0 Å². The topological polar surface area (TPSA) is 88.5 Å². The number of amides is 3. The minimum absolute atomic E-state index is 0.123. The van der Waals surface area contributed by atoms with E-state index in [1.54, 1.807) is 12.0 Å². The van der Waals surface area contributed by atoms with E-state index in [0.29, 0.717) is 31.8 Å². The number of nitrogens with zero attached hydrogens (tertiary/aromatic N) is 3. The summed E-state index contributed by atoms with van der Waals surface area (Å²) in [4.78, 5) is 26.0. The number of nitrogens with one attached hydrogen (secondary N) is 2. The number of aromatic nitrogens is 2. The Morgan fingerprint density at radius 2 is 2.14 bits per heavy atom. The van der Waals surface area contributed by atoms with E-state index in [1.807, 2.05) is 42.8 Å². The monoisotopic (exact) mass is 385 g/mol. The second-order valence-corrected chi connectivity index (χ2v) is 6.87. The minimum Gasteiger partial charge on any atom is -0.383 e. The number of ether oxygens (including phenoxy) is 1. The van der Waals surface area contributed by atoms with Gasteiger partial charge in [0.25, 0.3) is 0 Å². The largest absolute Gasteiger partial charge is 0.383 e. The fourth-order valence-corrected chi connectivity index (χ4v) is 3.40. The van der Waals surface area contributed by atoms with Crippen molar-refractivity contribution in [3.8, 4) is 0 Å². The third kappa shape index (κ3) is 4.51. The molecule has 0 spiro atoms. The number of methoxy groups -OCH3 is 1. The van der Waals surface area contributed by atoms with Crippen molar-refractivity contribution in [2.24, 2.45) is 0 Å². The first kappa shape index (κ1) is 19.9. The zero-order valence-electron chi connectivity index (χ0n) is 16.6. The molecule has 2 heterocycles. The molecule has 3 amide bonds. The van der Waals surface area contributed by atoms with Crippen LogP contribution in [-0.4, -0.2) is 42.0 Å². The van der Waals surface area contributed by atoms with Gasteiger partial charge < -0.3 is 20.3 Å². The maximum Gasteiger partial charge on any atom is 0.319 e. The second-order valence-electron chi connectivity index (χ2n) is 6.87. The Bertz CT molecular complexity index is 862. The Balaban J connectivity index is 1.59. The van der Waals surface area contributed by atoms with Crippen LogP contribution in [0.1, 0.15) is 29.8 Å². The number of hydrogen-bond donors (Lipinski definition) is 2. The highest BCUT2D eigenvalue weighted by Crippen LogP contribution is 2.24. The predicted octanol–water partition coefficient (Wildman–Crippen LogP) is 2.59. The molecule has 2 N–H and O–H groups in total. The molecular weight excluding hydrogens is 358 g/mol. The summed E-state index contributed by atoms with van der Waals surface area (Å²) in [6.45, 7) is 6.30.